The highest BCUT2D eigenvalue weighted by molar-refractivity contribution is 8.28. The Morgan fingerprint density at radius 2 is 0.909 bits per heavy atom. The van der Waals surface area contributed by atoms with E-state index in [1.165, 1.54) is 0 Å². The minimum Gasteiger partial charge on any atom is -0.0640 e. The highest BCUT2D eigenvalue weighted by atomic mass is 31.3. The molecule has 0 bridgehead atoms. The van der Waals surface area contributed by atoms with Gasteiger partial charge < -0.3 is 0 Å². The Morgan fingerprint density at radius 3 is 1.14 bits per heavy atom. The number of allylic oxidation sites excluding steroid dienone is 2. The minimum atomic E-state index is 0.0834. The van der Waals surface area contributed by atoms with Crippen LogP contribution in [0.3, 0.4) is 0 Å². The summed E-state index contributed by atoms with van der Waals surface area (Å²) >= 11 is 0. The van der Waals surface area contributed by atoms with Gasteiger partial charge in [-0.2, -0.15) is 0 Å². The summed E-state index contributed by atoms with van der Waals surface area (Å²) < 4.78 is 0.766. The van der Waals surface area contributed by atoms with Crippen LogP contribution < -0.4 is 0 Å². The van der Waals surface area contributed by atoms with E-state index in [9.17, 15) is 0 Å². The van der Waals surface area contributed by atoms with E-state index in [1.54, 1.807) is 0 Å². The summed E-state index contributed by atoms with van der Waals surface area (Å²) in [6.45, 7) is 28.2. The summed E-state index contributed by atoms with van der Waals surface area (Å²) in [6, 6.07) is 0. The molecule has 3 heteroatoms. The maximum Gasteiger partial charge on any atom is 0.0461 e. The van der Waals surface area contributed by atoms with Gasteiger partial charge in [-0.15, -0.1) is 0 Å². The monoisotopic (exact) mass is 354 g/mol. The summed E-state index contributed by atoms with van der Waals surface area (Å²) in [7, 11) is 0.381. The second-order valence-corrected chi connectivity index (χ2v) is 20.7. The molecule has 0 saturated carbocycles. The molecule has 0 aromatic carbocycles. The summed E-state index contributed by atoms with van der Waals surface area (Å²) in [4.78, 5) is 1.46. The van der Waals surface area contributed by atoms with Crippen molar-refractivity contribution in [1.29, 1.82) is 0 Å². The number of hydrogen-bond donors (Lipinski definition) is 0. The van der Waals surface area contributed by atoms with E-state index in [0.717, 1.165) is 14.4 Å². The largest absolute Gasteiger partial charge is 0.0640 e. The third-order valence-corrected chi connectivity index (χ3v) is 25.9. The molecule has 124 valence electrons. The topological polar surface area (TPSA) is 0 Å². The molecule has 4 aliphatic heterocycles. The van der Waals surface area contributed by atoms with E-state index >= 15 is 0 Å². The van der Waals surface area contributed by atoms with Crippen LogP contribution in [0.5, 0.6) is 0 Å². The fraction of sp³-hybridized carbons (Fsp3) is 0.895. The molecule has 22 heavy (non-hydrogen) atoms. The van der Waals surface area contributed by atoms with Crippen molar-refractivity contribution < 1.29 is 0 Å². The van der Waals surface area contributed by atoms with Gasteiger partial charge in [0.2, 0.25) is 0 Å². The highest BCUT2D eigenvalue weighted by Gasteiger charge is 3.12. The lowest BCUT2D eigenvalue weighted by molar-refractivity contribution is 0.294. The second kappa shape index (κ2) is 3.60. The Kier molecular flexibility index (Phi) is 2.70. The Bertz CT molecular complexity index is 581. The molecule has 4 rings (SSSR count). The second-order valence-electron chi connectivity index (χ2n) is 10.9. The zero-order valence-corrected chi connectivity index (χ0v) is 19.0. The molecule has 0 radical (unpaired) electrons. The van der Waals surface area contributed by atoms with Crippen molar-refractivity contribution in [3.63, 3.8) is 0 Å². The average molecular weight is 354 g/mol. The van der Waals surface area contributed by atoms with Crippen LogP contribution in [0, 0.1) is 16.2 Å². The van der Waals surface area contributed by atoms with Crippen molar-refractivity contribution in [3.8, 4) is 0 Å². The molecule has 0 aromatic heterocycles. The highest BCUT2D eigenvalue weighted by Crippen LogP contribution is 3.38. The van der Waals surface area contributed by atoms with Crippen molar-refractivity contribution in [2.75, 3.05) is 0 Å². The van der Waals surface area contributed by atoms with Gasteiger partial charge in [0.1, 0.15) is 0 Å². The fourth-order valence-electron chi connectivity index (χ4n) is 6.63. The van der Waals surface area contributed by atoms with Gasteiger partial charge in [0.15, 0.2) is 0 Å². The summed E-state index contributed by atoms with van der Waals surface area (Å²) in [5, 5.41) is 3.75. The first kappa shape index (κ1) is 16.5. The fourth-order valence-corrected chi connectivity index (χ4v) is 33.4. The quantitative estimate of drug-likeness (QED) is 0.388. The first-order chi connectivity index (χ1) is 9.68. The minimum absolute atomic E-state index is 0.0834. The van der Waals surface area contributed by atoms with Crippen molar-refractivity contribution in [2.45, 2.75) is 90.6 Å². The maximum absolute atomic E-state index is 2.57. The maximum atomic E-state index is 2.57. The van der Waals surface area contributed by atoms with Crippen molar-refractivity contribution >= 4 is 23.8 Å². The van der Waals surface area contributed by atoms with E-state index < -0.39 is 0 Å². The molecular weight excluding hydrogens is 321 g/mol. The van der Waals surface area contributed by atoms with Gasteiger partial charge in [-0.1, -0.05) is 86.1 Å². The van der Waals surface area contributed by atoms with Crippen LogP contribution in [0.15, 0.2) is 10.6 Å². The Morgan fingerprint density at radius 1 is 0.591 bits per heavy atom. The molecule has 0 spiro atoms. The van der Waals surface area contributed by atoms with Gasteiger partial charge >= 0.3 is 0 Å². The Labute approximate surface area is 141 Å². The van der Waals surface area contributed by atoms with E-state index in [0.29, 0.717) is 16.2 Å². The zero-order valence-electron chi connectivity index (χ0n) is 16.3. The molecule has 0 aromatic rings. The molecule has 0 N–H and O–H groups in total. The number of hydrogen-bond acceptors (Lipinski definition) is 0. The van der Waals surface area contributed by atoms with Gasteiger partial charge in [-0.05, 0) is 40.7 Å². The summed E-state index contributed by atoms with van der Waals surface area (Å²) in [5.74, 6) is 0. The van der Waals surface area contributed by atoms with Gasteiger partial charge in [0.05, 0.1) is 0 Å². The zero-order chi connectivity index (χ0) is 16.9. The van der Waals surface area contributed by atoms with Crippen LogP contribution in [-0.4, -0.2) is 14.4 Å². The molecule has 4 heterocycles. The molecule has 4 aliphatic rings. The lowest BCUT2D eigenvalue weighted by Crippen LogP contribution is -2.46. The van der Waals surface area contributed by atoms with Crippen LogP contribution >= 0.6 is 23.8 Å². The van der Waals surface area contributed by atoms with Gasteiger partial charge in [0, 0.05) is 14.4 Å². The third kappa shape index (κ3) is 1.06. The lowest BCUT2D eigenvalue weighted by atomic mass is 9.80. The van der Waals surface area contributed by atoms with Crippen molar-refractivity contribution in [3.05, 3.63) is 10.6 Å². The van der Waals surface area contributed by atoms with Crippen LogP contribution in [0.1, 0.15) is 76.2 Å². The third-order valence-electron chi connectivity index (χ3n) is 6.96. The van der Waals surface area contributed by atoms with Crippen LogP contribution in [0.4, 0.5) is 0 Å². The Hall–Kier alpha value is 1.03. The van der Waals surface area contributed by atoms with Gasteiger partial charge in [-0.3, -0.25) is 0 Å². The summed E-state index contributed by atoms with van der Waals surface area (Å²) in [6.07, 6.45) is 0. The molecule has 3 saturated heterocycles. The van der Waals surface area contributed by atoms with Crippen LogP contribution in [0.2, 0.25) is 0 Å². The normalized spacial score (nSPS) is 52.2. The lowest BCUT2D eigenvalue weighted by Gasteiger charge is -2.65. The molecule has 0 aliphatic carbocycles. The molecule has 6 atom stereocenters. The van der Waals surface area contributed by atoms with Gasteiger partial charge in [-0.25, -0.2) is 0 Å². The molecule has 0 nitrogen and oxygen atoms in total. The van der Waals surface area contributed by atoms with E-state index in [2.05, 4.69) is 76.2 Å². The average Bonchev–Trinajstić information content (AvgIpc) is 2.55. The van der Waals surface area contributed by atoms with Crippen molar-refractivity contribution in [2.24, 2.45) is 16.2 Å². The molecule has 2 unspecified atom stereocenters. The van der Waals surface area contributed by atoms with Crippen LogP contribution in [-0.2, 0) is 0 Å². The Balaban J connectivity index is 2.01. The van der Waals surface area contributed by atoms with Gasteiger partial charge in [0.25, 0.3) is 0 Å². The van der Waals surface area contributed by atoms with E-state index in [4.69, 9.17) is 0 Å². The first-order valence-electron chi connectivity index (χ1n) is 8.76. The van der Waals surface area contributed by atoms with Crippen LogP contribution in [0.25, 0.3) is 0 Å². The number of rotatable bonds is 0. The summed E-state index contributed by atoms with van der Waals surface area (Å²) in [5.41, 5.74) is 1.49. The molecule has 3 fully saturated rings. The first-order valence-corrected chi connectivity index (χ1v) is 12.8. The van der Waals surface area contributed by atoms with E-state index in [1.807, 2.05) is 10.6 Å². The predicted octanol–water partition coefficient (Wildman–Crippen LogP) is 7.92. The van der Waals surface area contributed by atoms with Crippen molar-refractivity contribution in [1.82, 2.24) is 0 Å². The molecular formula is C19H33P3. The number of fused-ring (bicyclic) bond motifs is 3. The molecule has 0 amide bonds. The smallest absolute Gasteiger partial charge is 0.0461 e. The standard InChI is InChI=1S/C19H33P3/c1-12-13(2)21-18(15(6,7)8)17(14(3,4)5)20(12)19(21,22(17)18)16(9,10)11/h1-11H3/t17-,18+,19?,20-,21+,22?. The van der Waals surface area contributed by atoms with E-state index in [-0.39, 0.29) is 23.8 Å². The SMILES string of the molecule is CC1=C(C)[P@@]2C3(C(C)(C)C)P4[C@]2(C(C)(C)C)[C@@]4(C(C)(C)C)[P@]13. The predicted molar refractivity (Wildman–Crippen MR) is 106 cm³/mol.